The third-order valence-corrected chi connectivity index (χ3v) is 10.5. The molecular formula is C63H94O6. The minimum absolute atomic E-state index is 0.122. The first kappa shape index (κ1) is 63.8. The van der Waals surface area contributed by atoms with Crippen LogP contribution in [0, 0.1) is 0 Å². The Bertz CT molecular complexity index is 1650. The highest BCUT2D eigenvalue weighted by Gasteiger charge is 2.19. The molecule has 6 heteroatoms. The Labute approximate surface area is 422 Å². The minimum atomic E-state index is -0.831. The van der Waals surface area contributed by atoms with E-state index >= 15 is 0 Å². The zero-order valence-corrected chi connectivity index (χ0v) is 43.5. The molecule has 0 fully saturated rings. The number of allylic oxidation sites excluding steroid dienone is 28. The van der Waals surface area contributed by atoms with E-state index in [9.17, 15) is 14.4 Å². The SMILES string of the molecule is CC\C=C/C=C\C=C/C=C\C=C/CCCCCC(=O)OCC(COC(=O)CCCCCCCCCCC/C=C\C/C=C\C/C=C\CC)OC(=O)CCCCC\C=C/C=C/C=C\C=C/C=C\C=C/CC. The third kappa shape index (κ3) is 53.6. The van der Waals surface area contributed by atoms with E-state index < -0.39 is 6.10 Å². The summed E-state index contributed by atoms with van der Waals surface area (Å²) in [7, 11) is 0. The number of esters is 3. The Morgan fingerprint density at radius 1 is 0.304 bits per heavy atom. The Hall–Kier alpha value is -5.23. The molecule has 0 aliphatic heterocycles. The zero-order chi connectivity index (χ0) is 50.0. The predicted octanol–water partition coefficient (Wildman–Crippen LogP) is 18.0. The Balaban J connectivity index is 4.58. The van der Waals surface area contributed by atoms with Crippen LogP contribution in [-0.4, -0.2) is 37.2 Å². The van der Waals surface area contributed by atoms with Crippen LogP contribution >= 0.6 is 0 Å². The van der Waals surface area contributed by atoms with Gasteiger partial charge >= 0.3 is 17.9 Å². The molecule has 0 aromatic carbocycles. The highest BCUT2D eigenvalue weighted by atomic mass is 16.6. The maximum Gasteiger partial charge on any atom is 0.306 e. The van der Waals surface area contributed by atoms with Crippen LogP contribution in [0.5, 0.6) is 0 Å². The first-order valence-electron chi connectivity index (χ1n) is 26.8. The van der Waals surface area contributed by atoms with Crippen LogP contribution < -0.4 is 0 Å². The lowest BCUT2D eigenvalue weighted by atomic mass is 10.1. The lowest BCUT2D eigenvalue weighted by Crippen LogP contribution is -2.30. The second kappa shape index (κ2) is 55.4. The molecule has 0 spiro atoms. The van der Waals surface area contributed by atoms with Crippen molar-refractivity contribution < 1.29 is 28.6 Å². The number of unbranched alkanes of at least 4 members (excludes halogenated alkanes) is 15. The molecule has 1 unspecified atom stereocenters. The average molecular weight is 947 g/mol. The summed E-state index contributed by atoms with van der Waals surface area (Å²) < 4.78 is 16.8. The van der Waals surface area contributed by atoms with Crippen LogP contribution in [0.2, 0.25) is 0 Å². The van der Waals surface area contributed by atoms with Gasteiger partial charge in [0.25, 0.3) is 0 Å². The standard InChI is InChI=1S/C63H94O6/c1-4-7-10-13-16-19-22-25-28-30-31-33-35-38-41-44-47-50-53-56-62(65)68-59-60(58-67-61(64)55-52-49-46-43-40-37-34-27-24-21-18-15-12-9-6-3)69-63(66)57-54-51-48-45-42-39-36-32-29-26-23-20-17-14-11-8-5-2/h7-12,14-21,23-29,32,34,36-37,39-40,42,60H,4-6,13,22,30-31,33,35,38,41,43-59H2,1-3H3/b10-7-,11-8-,12-9-,17-14-,18-15-,19-16-,23-20-,24-21-,28-25-,29-26-,34-27-,36-32+,40-37-,42-39-. The zero-order valence-electron chi connectivity index (χ0n) is 43.5. The van der Waals surface area contributed by atoms with E-state index in [1.165, 1.54) is 38.5 Å². The van der Waals surface area contributed by atoms with Gasteiger partial charge in [0, 0.05) is 19.3 Å². The van der Waals surface area contributed by atoms with E-state index in [4.69, 9.17) is 14.2 Å². The highest BCUT2D eigenvalue weighted by molar-refractivity contribution is 5.71. The molecule has 0 saturated heterocycles. The number of carbonyl (C=O) groups is 3. The molecule has 0 amide bonds. The molecule has 0 rings (SSSR count). The van der Waals surface area contributed by atoms with E-state index in [0.717, 1.165) is 96.3 Å². The Morgan fingerprint density at radius 2 is 0.594 bits per heavy atom. The fourth-order valence-electron chi connectivity index (χ4n) is 6.57. The summed E-state index contributed by atoms with van der Waals surface area (Å²) in [5.41, 5.74) is 0. The van der Waals surface area contributed by atoms with Gasteiger partial charge in [0.2, 0.25) is 0 Å². The molecule has 69 heavy (non-hydrogen) atoms. The van der Waals surface area contributed by atoms with Crippen LogP contribution in [0.1, 0.15) is 188 Å². The average Bonchev–Trinajstić information content (AvgIpc) is 3.35. The van der Waals surface area contributed by atoms with Gasteiger partial charge in [-0.05, 0) is 89.9 Å². The molecular weight excluding hydrogens is 853 g/mol. The summed E-state index contributed by atoms with van der Waals surface area (Å²) in [5.74, 6) is -1.03. The van der Waals surface area contributed by atoms with Crippen LogP contribution in [0.25, 0.3) is 0 Å². The van der Waals surface area contributed by atoms with Crippen LogP contribution in [0.3, 0.4) is 0 Å². The lowest BCUT2D eigenvalue weighted by molar-refractivity contribution is -0.167. The van der Waals surface area contributed by atoms with Gasteiger partial charge in [0.15, 0.2) is 6.10 Å². The summed E-state index contributed by atoms with van der Waals surface area (Å²) in [6.07, 6.45) is 81.9. The molecule has 0 bridgehead atoms. The second-order valence-corrected chi connectivity index (χ2v) is 16.9. The topological polar surface area (TPSA) is 78.9 Å². The first-order chi connectivity index (χ1) is 34.0. The maximum atomic E-state index is 12.8. The molecule has 0 aliphatic rings. The molecule has 1 atom stereocenters. The molecule has 0 aliphatic carbocycles. The Kier molecular flexibility index (Phi) is 51.2. The predicted molar refractivity (Wildman–Crippen MR) is 297 cm³/mol. The van der Waals surface area contributed by atoms with Crippen molar-refractivity contribution >= 4 is 17.9 Å². The van der Waals surface area contributed by atoms with Crippen LogP contribution in [0.15, 0.2) is 170 Å². The first-order valence-corrected chi connectivity index (χ1v) is 26.8. The minimum Gasteiger partial charge on any atom is -0.462 e. The van der Waals surface area contributed by atoms with Crippen molar-refractivity contribution in [1.82, 2.24) is 0 Å². The monoisotopic (exact) mass is 947 g/mol. The highest BCUT2D eigenvalue weighted by Crippen LogP contribution is 2.13. The van der Waals surface area contributed by atoms with Gasteiger partial charge in [-0.2, -0.15) is 0 Å². The van der Waals surface area contributed by atoms with Crippen molar-refractivity contribution in [2.45, 2.75) is 194 Å². The summed E-state index contributed by atoms with van der Waals surface area (Å²) in [5, 5.41) is 0. The van der Waals surface area contributed by atoms with E-state index in [1.54, 1.807) is 0 Å². The van der Waals surface area contributed by atoms with E-state index in [2.05, 4.69) is 81.5 Å². The molecule has 6 nitrogen and oxygen atoms in total. The van der Waals surface area contributed by atoms with Gasteiger partial charge < -0.3 is 14.2 Å². The Morgan fingerprint density at radius 3 is 1.00 bits per heavy atom. The molecule has 0 aromatic heterocycles. The molecule has 0 N–H and O–H groups in total. The van der Waals surface area contributed by atoms with Crippen molar-refractivity contribution in [3.8, 4) is 0 Å². The number of hydrogen-bond acceptors (Lipinski definition) is 6. The summed E-state index contributed by atoms with van der Waals surface area (Å²) in [6, 6.07) is 0. The summed E-state index contributed by atoms with van der Waals surface area (Å²) >= 11 is 0. The summed E-state index contributed by atoms with van der Waals surface area (Å²) in [6.45, 7) is 6.13. The van der Waals surface area contributed by atoms with E-state index in [-0.39, 0.29) is 44.0 Å². The fraction of sp³-hybridized carbons (Fsp3) is 0.508. The summed E-state index contributed by atoms with van der Waals surface area (Å²) in [4.78, 5) is 38.1. The lowest BCUT2D eigenvalue weighted by Gasteiger charge is -2.18. The van der Waals surface area contributed by atoms with Crippen LogP contribution in [-0.2, 0) is 28.6 Å². The van der Waals surface area contributed by atoms with E-state index in [0.29, 0.717) is 19.3 Å². The van der Waals surface area contributed by atoms with Gasteiger partial charge in [-0.25, -0.2) is 0 Å². The van der Waals surface area contributed by atoms with Crippen molar-refractivity contribution in [2.24, 2.45) is 0 Å². The van der Waals surface area contributed by atoms with Crippen molar-refractivity contribution in [2.75, 3.05) is 13.2 Å². The molecule has 0 saturated carbocycles. The number of rotatable bonds is 45. The maximum absolute atomic E-state index is 12.8. The fourth-order valence-corrected chi connectivity index (χ4v) is 6.57. The normalized spacial score (nSPS) is 13.5. The number of ether oxygens (including phenoxy) is 3. The molecule has 382 valence electrons. The van der Waals surface area contributed by atoms with Crippen LogP contribution in [0.4, 0.5) is 0 Å². The quantitative estimate of drug-likeness (QED) is 0.0199. The van der Waals surface area contributed by atoms with Gasteiger partial charge in [-0.3, -0.25) is 14.4 Å². The van der Waals surface area contributed by atoms with Gasteiger partial charge in [0.05, 0.1) is 0 Å². The molecule has 0 radical (unpaired) electrons. The van der Waals surface area contributed by atoms with Crippen molar-refractivity contribution in [1.29, 1.82) is 0 Å². The second-order valence-electron chi connectivity index (χ2n) is 16.9. The van der Waals surface area contributed by atoms with Crippen molar-refractivity contribution in [3.05, 3.63) is 170 Å². The largest absolute Gasteiger partial charge is 0.462 e. The van der Waals surface area contributed by atoms with Gasteiger partial charge in [-0.1, -0.05) is 249 Å². The van der Waals surface area contributed by atoms with Gasteiger partial charge in [0.1, 0.15) is 13.2 Å². The van der Waals surface area contributed by atoms with Crippen molar-refractivity contribution in [3.63, 3.8) is 0 Å². The van der Waals surface area contributed by atoms with E-state index in [1.807, 2.05) is 109 Å². The smallest absolute Gasteiger partial charge is 0.306 e. The number of carbonyl (C=O) groups excluding carboxylic acids is 3. The molecule has 0 heterocycles. The van der Waals surface area contributed by atoms with Gasteiger partial charge in [-0.15, -0.1) is 0 Å². The molecule has 0 aromatic rings. The third-order valence-electron chi connectivity index (χ3n) is 10.5. The number of hydrogen-bond donors (Lipinski definition) is 0.